The quantitative estimate of drug-likeness (QED) is 0.274. The first kappa shape index (κ1) is 16.1. The SMILES string of the molecule is O=[N+]([O-])c1ccccc1-c1cc#cc2c1oc1c(-c3ccccc3)cccc12. The highest BCUT2D eigenvalue weighted by Crippen LogP contribution is 2.40. The number of hydrogen-bond donors (Lipinski definition) is 0. The zero-order chi connectivity index (χ0) is 19.1. The number of benzene rings is 3. The van der Waals surface area contributed by atoms with Crippen molar-refractivity contribution >= 4 is 27.6 Å². The van der Waals surface area contributed by atoms with Crippen molar-refractivity contribution in [2.45, 2.75) is 0 Å². The molecule has 0 N–H and O–H groups in total. The predicted molar refractivity (Wildman–Crippen MR) is 109 cm³/mol. The summed E-state index contributed by atoms with van der Waals surface area (Å²) in [4.78, 5) is 11.1. The number of nitro benzene ring substituents is 1. The van der Waals surface area contributed by atoms with Crippen LogP contribution >= 0.6 is 0 Å². The molecule has 1 heterocycles. The van der Waals surface area contributed by atoms with Crippen LogP contribution in [-0.4, -0.2) is 4.92 Å². The van der Waals surface area contributed by atoms with E-state index >= 15 is 0 Å². The van der Waals surface area contributed by atoms with Crippen LogP contribution in [0.4, 0.5) is 5.69 Å². The van der Waals surface area contributed by atoms with Gasteiger partial charge >= 0.3 is 0 Å². The first-order valence-corrected chi connectivity index (χ1v) is 8.81. The Morgan fingerprint density at radius 1 is 0.786 bits per heavy atom. The third-order valence-corrected chi connectivity index (χ3v) is 4.85. The molecule has 0 unspecified atom stereocenters. The van der Waals surface area contributed by atoms with E-state index in [1.54, 1.807) is 24.3 Å². The molecule has 0 atom stereocenters. The Balaban J connectivity index is 1.84. The Morgan fingerprint density at radius 2 is 1.54 bits per heavy atom. The topological polar surface area (TPSA) is 56.3 Å². The summed E-state index contributed by atoms with van der Waals surface area (Å²) >= 11 is 0. The van der Waals surface area contributed by atoms with E-state index < -0.39 is 0 Å². The van der Waals surface area contributed by atoms with Crippen molar-refractivity contribution in [3.63, 3.8) is 0 Å². The minimum Gasteiger partial charge on any atom is -0.454 e. The lowest BCUT2D eigenvalue weighted by Crippen LogP contribution is -1.91. The molecule has 132 valence electrons. The van der Waals surface area contributed by atoms with Crippen molar-refractivity contribution in [1.29, 1.82) is 0 Å². The Morgan fingerprint density at radius 3 is 2.36 bits per heavy atom. The summed E-state index contributed by atoms with van der Waals surface area (Å²) in [5.41, 5.74) is 4.50. The van der Waals surface area contributed by atoms with Crippen molar-refractivity contribution in [3.05, 3.63) is 101 Å². The van der Waals surface area contributed by atoms with Crippen molar-refractivity contribution in [2.75, 3.05) is 0 Å². The molecule has 0 radical (unpaired) electrons. The van der Waals surface area contributed by atoms with Gasteiger partial charge < -0.3 is 4.42 Å². The number of nitrogens with zero attached hydrogens (tertiary/aromatic N) is 1. The van der Waals surface area contributed by atoms with Gasteiger partial charge in [0.05, 0.1) is 15.9 Å². The van der Waals surface area contributed by atoms with Gasteiger partial charge in [0, 0.05) is 28.6 Å². The Bertz CT molecular complexity index is 1340. The third-order valence-electron chi connectivity index (χ3n) is 4.85. The molecule has 5 aromatic rings. The Kier molecular flexibility index (Phi) is 3.60. The van der Waals surface area contributed by atoms with Gasteiger partial charge in [-0.3, -0.25) is 10.1 Å². The Hall–Kier alpha value is -4.10. The van der Waals surface area contributed by atoms with Crippen LogP contribution in [0.15, 0.2) is 83.3 Å². The maximum atomic E-state index is 11.5. The number of rotatable bonds is 3. The molecule has 0 spiro atoms. The molecular weight excluding hydrogens is 350 g/mol. The van der Waals surface area contributed by atoms with Crippen LogP contribution in [0.5, 0.6) is 0 Å². The first-order chi connectivity index (χ1) is 13.7. The Labute approximate surface area is 160 Å². The van der Waals surface area contributed by atoms with Crippen LogP contribution in [-0.2, 0) is 0 Å². The molecule has 4 heteroatoms. The molecule has 0 aliphatic heterocycles. The standard InChI is InChI=1S/C24H13NO3/c26-25(27)22-15-5-4-10-18(22)19-12-7-14-21-20-13-6-11-17(23(20)28-24(19)21)16-8-2-1-3-9-16/h1-6,8-13,15H. The highest BCUT2D eigenvalue weighted by molar-refractivity contribution is 6.12. The fourth-order valence-corrected chi connectivity index (χ4v) is 3.58. The fraction of sp³-hybridized carbons (Fsp3) is 0. The normalized spacial score (nSPS) is 10.9. The number of nitro groups is 1. The fourth-order valence-electron chi connectivity index (χ4n) is 3.58. The largest absolute Gasteiger partial charge is 0.454 e. The van der Waals surface area contributed by atoms with Crippen LogP contribution in [0, 0.1) is 22.2 Å². The van der Waals surface area contributed by atoms with Crippen LogP contribution in [0.25, 0.3) is 44.2 Å². The van der Waals surface area contributed by atoms with Crippen molar-refractivity contribution in [1.82, 2.24) is 0 Å². The summed E-state index contributed by atoms with van der Waals surface area (Å²) in [5, 5.41) is 13.2. The van der Waals surface area contributed by atoms with Gasteiger partial charge in [-0.1, -0.05) is 66.7 Å². The summed E-state index contributed by atoms with van der Waals surface area (Å²) < 4.78 is 6.28. The number of fused-ring (bicyclic) bond motifs is 3. The van der Waals surface area contributed by atoms with E-state index in [0.29, 0.717) is 16.7 Å². The minimum atomic E-state index is -0.379. The molecule has 0 fully saturated rings. The maximum Gasteiger partial charge on any atom is 0.277 e. The maximum absolute atomic E-state index is 11.5. The lowest BCUT2D eigenvalue weighted by molar-refractivity contribution is -0.384. The minimum absolute atomic E-state index is 0.0344. The molecule has 0 saturated carbocycles. The summed E-state index contributed by atoms with van der Waals surface area (Å²) in [5.74, 6) is 0. The molecule has 0 bridgehead atoms. The molecule has 28 heavy (non-hydrogen) atoms. The number of hydrogen-bond acceptors (Lipinski definition) is 3. The number of furan rings is 1. The van der Waals surface area contributed by atoms with E-state index in [2.05, 4.69) is 12.1 Å². The zero-order valence-corrected chi connectivity index (χ0v) is 14.7. The van der Waals surface area contributed by atoms with Gasteiger partial charge in [-0.2, -0.15) is 0 Å². The molecule has 1 aromatic heterocycles. The summed E-state index contributed by atoms with van der Waals surface area (Å²) in [6.45, 7) is 0. The molecule has 5 rings (SSSR count). The third kappa shape index (κ3) is 2.42. The summed E-state index contributed by atoms with van der Waals surface area (Å²) in [6.07, 6.45) is 0. The van der Waals surface area contributed by atoms with Crippen LogP contribution in [0.1, 0.15) is 0 Å². The molecule has 0 aliphatic rings. The van der Waals surface area contributed by atoms with Crippen molar-refractivity contribution in [3.8, 4) is 22.3 Å². The average Bonchev–Trinajstić information content (AvgIpc) is 3.13. The van der Waals surface area contributed by atoms with Gasteiger partial charge in [0.25, 0.3) is 5.69 Å². The van der Waals surface area contributed by atoms with Gasteiger partial charge in [0.15, 0.2) is 5.58 Å². The summed E-state index contributed by atoms with van der Waals surface area (Å²) in [6, 6.07) is 30.4. The van der Waals surface area contributed by atoms with E-state index in [9.17, 15) is 10.1 Å². The van der Waals surface area contributed by atoms with E-state index in [1.807, 2.05) is 48.5 Å². The van der Waals surface area contributed by atoms with Crippen molar-refractivity contribution < 1.29 is 9.34 Å². The second kappa shape index (κ2) is 6.26. The molecule has 0 saturated heterocycles. The number of para-hydroxylation sites is 2. The molecule has 0 amide bonds. The molecule has 0 aliphatic carbocycles. The van der Waals surface area contributed by atoms with E-state index in [1.165, 1.54) is 6.07 Å². The van der Waals surface area contributed by atoms with E-state index in [-0.39, 0.29) is 10.6 Å². The molecule has 4 aromatic carbocycles. The lowest BCUT2D eigenvalue weighted by atomic mass is 10.0. The average molecular weight is 363 g/mol. The van der Waals surface area contributed by atoms with Gasteiger partial charge in [-0.25, -0.2) is 0 Å². The predicted octanol–water partition coefficient (Wildman–Crippen LogP) is 6.43. The van der Waals surface area contributed by atoms with Crippen molar-refractivity contribution in [2.24, 2.45) is 0 Å². The van der Waals surface area contributed by atoms with Gasteiger partial charge in [0.1, 0.15) is 5.58 Å². The second-order valence-corrected chi connectivity index (χ2v) is 6.46. The molecule has 4 nitrogen and oxygen atoms in total. The van der Waals surface area contributed by atoms with Gasteiger partial charge in [-0.05, 0) is 17.7 Å². The molecular formula is C24H13NO3. The smallest absolute Gasteiger partial charge is 0.277 e. The first-order valence-electron chi connectivity index (χ1n) is 8.81. The second-order valence-electron chi connectivity index (χ2n) is 6.46. The monoisotopic (exact) mass is 363 g/mol. The van der Waals surface area contributed by atoms with Crippen LogP contribution in [0.3, 0.4) is 0 Å². The van der Waals surface area contributed by atoms with Gasteiger partial charge in [-0.15, -0.1) is 0 Å². The van der Waals surface area contributed by atoms with Crippen LogP contribution in [0.2, 0.25) is 0 Å². The lowest BCUT2D eigenvalue weighted by Gasteiger charge is -2.02. The highest BCUT2D eigenvalue weighted by Gasteiger charge is 2.20. The van der Waals surface area contributed by atoms with E-state index in [4.69, 9.17) is 4.42 Å². The van der Waals surface area contributed by atoms with E-state index in [0.717, 1.165) is 27.5 Å². The van der Waals surface area contributed by atoms with Crippen LogP contribution < -0.4 is 0 Å². The summed E-state index contributed by atoms with van der Waals surface area (Å²) in [7, 11) is 0. The zero-order valence-electron chi connectivity index (χ0n) is 14.7. The van der Waals surface area contributed by atoms with Gasteiger partial charge in [0.2, 0.25) is 0 Å². The highest BCUT2D eigenvalue weighted by atomic mass is 16.6.